The molecule has 0 bridgehead atoms. The largest absolute Gasteiger partial charge is 0.416 e. The molecule has 0 aliphatic heterocycles. The van der Waals surface area contributed by atoms with Crippen LogP contribution in [0.5, 0.6) is 5.75 Å². The number of amides is 1. The van der Waals surface area contributed by atoms with Crippen LogP contribution in [0, 0.1) is 11.3 Å². The zero-order valence-electron chi connectivity index (χ0n) is 14.5. The van der Waals surface area contributed by atoms with Crippen molar-refractivity contribution in [2.75, 3.05) is 0 Å². The molecular weight excluding hydrogens is 322 g/mol. The van der Waals surface area contributed by atoms with Crippen LogP contribution >= 0.6 is 12.2 Å². The van der Waals surface area contributed by atoms with Crippen LogP contribution in [-0.4, -0.2) is 11.1 Å². The van der Waals surface area contributed by atoms with Gasteiger partial charge in [0, 0.05) is 12.2 Å². The molecule has 2 rings (SSSR count). The Morgan fingerprint density at radius 1 is 1.21 bits per heavy atom. The molecule has 1 aromatic carbocycles. The van der Waals surface area contributed by atoms with E-state index in [1.165, 1.54) is 6.42 Å². The quantitative estimate of drug-likeness (QED) is 0.613. The highest BCUT2D eigenvalue weighted by Crippen LogP contribution is 2.41. The van der Waals surface area contributed by atoms with Gasteiger partial charge in [-0.25, -0.2) is 0 Å². The van der Waals surface area contributed by atoms with Crippen molar-refractivity contribution in [1.29, 1.82) is 0 Å². The molecule has 0 unspecified atom stereocenters. The van der Waals surface area contributed by atoms with Crippen molar-refractivity contribution >= 4 is 23.4 Å². The average molecular weight is 349 g/mol. The minimum absolute atomic E-state index is 0.0677. The maximum Gasteiger partial charge on any atom is 0.382 e. The van der Waals surface area contributed by atoms with Crippen molar-refractivity contribution in [1.82, 2.24) is 5.48 Å². The van der Waals surface area contributed by atoms with Crippen LogP contribution in [-0.2, 0) is 9.63 Å². The molecule has 0 spiro atoms. The van der Waals surface area contributed by atoms with Crippen molar-refractivity contribution < 1.29 is 14.4 Å². The summed E-state index contributed by atoms with van der Waals surface area (Å²) in [6.45, 7) is 4.38. The molecule has 0 atom stereocenters. The molecule has 1 aliphatic carbocycles. The summed E-state index contributed by atoms with van der Waals surface area (Å²) in [5, 5.41) is -0.0932. The van der Waals surface area contributed by atoms with Crippen LogP contribution in [0.15, 0.2) is 30.3 Å². The molecule has 1 aliphatic rings. The summed E-state index contributed by atoms with van der Waals surface area (Å²) < 4.78 is 5.38. The van der Waals surface area contributed by atoms with Crippen molar-refractivity contribution in [3.05, 3.63) is 30.3 Å². The van der Waals surface area contributed by atoms with Gasteiger partial charge in [-0.3, -0.25) is 4.79 Å². The van der Waals surface area contributed by atoms with Crippen LogP contribution in [0.25, 0.3) is 0 Å². The smallest absolute Gasteiger partial charge is 0.382 e. The fourth-order valence-electron chi connectivity index (χ4n) is 3.19. The molecule has 4 nitrogen and oxygen atoms in total. The van der Waals surface area contributed by atoms with Gasteiger partial charge in [0.1, 0.15) is 5.75 Å². The van der Waals surface area contributed by atoms with E-state index in [1.807, 2.05) is 18.2 Å². The Kier molecular flexibility index (Phi) is 7.03. The Labute approximate surface area is 149 Å². The molecular formula is C19H27NO3S. The number of hydrogen-bond donors (Lipinski definition) is 1. The molecule has 1 amide bonds. The Morgan fingerprint density at radius 3 is 2.50 bits per heavy atom. The summed E-state index contributed by atoms with van der Waals surface area (Å²) in [6, 6.07) is 9.14. The second-order valence-corrected chi connectivity index (χ2v) is 7.31. The number of ether oxygens (including phenoxy) is 1. The number of rotatable bonds is 5. The Balaban J connectivity index is 1.88. The van der Waals surface area contributed by atoms with Gasteiger partial charge in [-0.1, -0.05) is 51.3 Å². The maximum absolute atomic E-state index is 12.7. The van der Waals surface area contributed by atoms with Gasteiger partial charge >= 0.3 is 5.24 Å². The third kappa shape index (κ3) is 5.48. The lowest BCUT2D eigenvalue weighted by atomic mass is 9.70. The number of hydrogen-bond acceptors (Lipinski definition) is 4. The van der Waals surface area contributed by atoms with Gasteiger partial charge in [-0.15, -0.1) is 0 Å². The normalized spacial score (nSPS) is 16.5. The fourth-order valence-corrected chi connectivity index (χ4v) is 3.32. The van der Waals surface area contributed by atoms with Crippen LogP contribution in [0.3, 0.4) is 0 Å². The first-order valence-electron chi connectivity index (χ1n) is 8.76. The Morgan fingerprint density at radius 2 is 1.88 bits per heavy atom. The van der Waals surface area contributed by atoms with Gasteiger partial charge in [-0.2, -0.15) is 5.48 Å². The second-order valence-electron chi connectivity index (χ2n) is 6.97. The molecule has 24 heavy (non-hydrogen) atoms. The van der Waals surface area contributed by atoms with Crippen LogP contribution in [0.2, 0.25) is 0 Å². The summed E-state index contributed by atoms with van der Waals surface area (Å²) >= 11 is 5.04. The first-order chi connectivity index (χ1) is 11.5. The van der Waals surface area contributed by atoms with Crippen LogP contribution < -0.4 is 10.2 Å². The number of carbonyl (C=O) groups is 1. The number of nitrogens with one attached hydrogen (secondary N) is 1. The van der Waals surface area contributed by atoms with Gasteiger partial charge in [0.05, 0.1) is 5.41 Å². The van der Waals surface area contributed by atoms with Gasteiger partial charge in [0.25, 0.3) is 5.91 Å². The fraction of sp³-hybridized carbons (Fsp3) is 0.579. The van der Waals surface area contributed by atoms with Gasteiger partial charge < -0.3 is 9.57 Å². The van der Waals surface area contributed by atoms with E-state index in [0.29, 0.717) is 11.7 Å². The van der Waals surface area contributed by atoms with Crippen molar-refractivity contribution in [2.24, 2.45) is 11.3 Å². The lowest BCUT2D eigenvalue weighted by Crippen LogP contribution is -2.43. The SMILES string of the molecule is CC(C)CCC1(C(=O)NOC(=S)Oc2ccccc2)CCCCC1. The number of carbonyl (C=O) groups excluding carboxylic acids is 1. The first-order valence-corrected chi connectivity index (χ1v) is 9.17. The molecule has 1 saturated carbocycles. The third-order valence-corrected chi connectivity index (χ3v) is 4.83. The standard InChI is InChI=1S/C19H27NO3S/c1-15(2)11-14-19(12-7-4-8-13-19)17(21)20-23-18(24)22-16-9-5-3-6-10-16/h3,5-6,9-10,15H,4,7-8,11-14H2,1-2H3,(H,20,21). The van der Waals surface area contributed by atoms with Crippen LogP contribution in [0.1, 0.15) is 58.8 Å². The third-order valence-electron chi connectivity index (χ3n) is 4.66. The molecule has 5 heteroatoms. The van der Waals surface area contributed by atoms with Crippen molar-refractivity contribution in [2.45, 2.75) is 58.8 Å². The summed E-state index contributed by atoms with van der Waals surface area (Å²) in [5.74, 6) is 1.10. The highest BCUT2D eigenvalue weighted by Gasteiger charge is 2.39. The highest BCUT2D eigenvalue weighted by atomic mass is 32.1. The summed E-state index contributed by atoms with van der Waals surface area (Å²) in [7, 11) is 0. The second kappa shape index (κ2) is 9.02. The number of para-hydroxylation sites is 1. The van der Waals surface area contributed by atoms with Crippen molar-refractivity contribution in [3.8, 4) is 5.75 Å². The van der Waals surface area contributed by atoms with E-state index in [2.05, 4.69) is 19.3 Å². The minimum Gasteiger partial charge on any atom is -0.416 e. The van der Waals surface area contributed by atoms with Gasteiger partial charge in [-0.05, 0) is 43.7 Å². The monoisotopic (exact) mass is 349 g/mol. The Bertz CT molecular complexity index is 539. The molecule has 0 saturated heterocycles. The maximum atomic E-state index is 12.7. The van der Waals surface area contributed by atoms with E-state index >= 15 is 0 Å². The molecule has 132 valence electrons. The summed E-state index contributed by atoms with van der Waals surface area (Å²) in [6.07, 6.45) is 7.16. The first kappa shape index (κ1) is 18.7. The zero-order chi connectivity index (χ0) is 17.4. The molecule has 1 aromatic rings. The molecule has 1 fully saturated rings. The number of hydroxylamine groups is 1. The lowest BCUT2D eigenvalue weighted by Gasteiger charge is -2.36. The lowest BCUT2D eigenvalue weighted by molar-refractivity contribution is -0.142. The van der Waals surface area contributed by atoms with E-state index in [-0.39, 0.29) is 16.6 Å². The highest BCUT2D eigenvalue weighted by molar-refractivity contribution is 7.79. The van der Waals surface area contributed by atoms with E-state index < -0.39 is 0 Å². The predicted octanol–water partition coefficient (Wildman–Crippen LogP) is 4.78. The van der Waals surface area contributed by atoms with E-state index in [0.717, 1.165) is 38.5 Å². The van der Waals surface area contributed by atoms with E-state index in [4.69, 9.17) is 21.8 Å². The summed E-state index contributed by atoms with van der Waals surface area (Å²) in [5.41, 5.74) is 2.20. The zero-order valence-corrected chi connectivity index (χ0v) is 15.4. The van der Waals surface area contributed by atoms with Crippen LogP contribution in [0.4, 0.5) is 0 Å². The number of thiocarbonyl (C=S) groups is 1. The minimum atomic E-state index is -0.328. The molecule has 0 aromatic heterocycles. The predicted molar refractivity (Wildman–Crippen MR) is 98.5 cm³/mol. The van der Waals surface area contributed by atoms with Gasteiger partial charge in [0.15, 0.2) is 0 Å². The Hall–Kier alpha value is -1.62. The molecule has 0 radical (unpaired) electrons. The summed E-state index contributed by atoms with van der Waals surface area (Å²) in [4.78, 5) is 17.9. The topological polar surface area (TPSA) is 47.6 Å². The molecule has 1 N–H and O–H groups in total. The molecule has 0 heterocycles. The average Bonchev–Trinajstić information content (AvgIpc) is 2.59. The van der Waals surface area contributed by atoms with E-state index in [1.54, 1.807) is 12.1 Å². The van der Waals surface area contributed by atoms with E-state index in [9.17, 15) is 4.79 Å². The van der Waals surface area contributed by atoms with Gasteiger partial charge in [0.2, 0.25) is 0 Å². The van der Waals surface area contributed by atoms with Crippen molar-refractivity contribution in [3.63, 3.8) is 0 Å². The number of benzene rings is 1.